The second-order valence-corrected chi connectivity index (χ2v) is 14.7. The number of aromatic nitrogens is 4. The molecule has 0 bridgehead atoms. The number of hydrogen-bond acceptors (Lipinski definition) is 5. The van der Waals surface area contributed by atoms with Crippen LogP contribution in [0.15, 0.2) is 186 Å². The van der Waals surface area contributed by atoms with E-state index >= 15 is 0 Å². The second-order valence-electron chi connectivity index (χ2n) is 14.7. The van der Waals surface area contributed by atoms with Crippen LogP contribution in [0.5, 0.6) is 5.75 Å². The third-order valence-corrected chi connectivity index (χ3v) is 11.4. The number of rotatable bonds is 5. The highest BCUT2D eigenvalue weighted by Crippen LogP contribution is 2.44. The molecule has 2 unspecified atom stereocenters. The van der Waals surface area contributed by atoms with Crippen molar-refractivity contribution in [2.24, 2.45) is 0 Å². The summed E-state index contributed by atoms with van der Waals surface area (Å²) in [4.78, 5) is 15.2. The molecule has 57 heavy (non-hydrogen) atoms. The molecule has 0 saturated carbocycles. The summed E-state index contributed by atoms with van der Waals surface area (Å²) in [6.07, 6.45) is 8.59. The molecule has 2 aliphatic rings. The molecule has 0 amide bonds. The van der Waals surface area contributed by atoms with Crippen LogP contribution >= 0.6 is 0 Å². The van der Waals surface area contributed by atoms with Crippen molar-refractivity contribution in [3.05, 3.63) is 188 Å². The van der Waals surface area contributed by atoms with Crippen molar-refractivity contribution in [2.75, 3.05) is 0 Å². The van der Waals surface area contributed by atoms with Crippen molar-refractivity contribution in [1.82, 2.24) is 19.5 Å². The van der Waals surface area contributed by atoms with Gasteiger partial charge in [0, 0.05) is 44.2 Å². The van der Waals surface area contributed by atoms with E-state index in [1.54, 1.807) is 0 Å². The summed E-state index contributed by atoms with van der Waals surface area (Å²) in [6.45, 7) is 0. The SMILES string of the molecule is C1=CC2Oc3cc(-c4ccc5c(c4)oc4cccc(-c6ccc(-c7nc(-c8ccccc8)nc(-n8c9ccccc9c9ccccc98)n7)cc6)c45)ccc3C2C=C1. The third kappa shape index (κ3) is 5.07. The van der Waals surface area contributed by atoms with E-state index in [0.717, 1.165) is 82.9 Å². The van der Waals surface area contributed by atoms with Gasteiger partial charge in [-0.3, -0.25) is 4.57 Å². The first kappa shape index (κ1) is 31.7. The van der Waals surface area contributed by atoms with Crippen LogP contribution in [0.25, 0.3) is 94.7 Å². The topological polar surface area (TPSA) is 66.0 Å². The van der Waals surface area contributed by atoms with E-state index in [2.05, 4.69) is 150 Å². The van der Waals surface area contributed by atoms with Crippen LogP contribution in [-0.2, 0) is 0 Å². The Hall–Kier alpha value is -7.57. The summed E-state index contributed by atoms with van der Waals surface area (Å²) < 4.78 is 15.0. The number of para-hydroxylation sites is 2. The Labute approximate surface area is 327 Å². The number of nitrogens with zero attached hydrogens (tertiary/aromatic N) is 4. The molecule has 1 aliphatic heterocycles. The Morgan fingerprint density at radius 3 is 1.91 bits per heavy atom. The summed E-state index contributed by atoms with van der Waals surface area (Å²) in [7, 11) is 0. The fourth-order valence-corrected chi connectivity index (χ4v) is 8.71. The van der Waals surface area contributed by atoms with Crippen molar-refractivity contribution in [2.45, 2.75) is 12.0 Å². The van der Waals surface area contributed by atoms with Gasteiger partial charge >= 0.3 is 0 Å². The lowest BCUT2D eigenvalue weighted by Crippen LogP contribution is -2.15. The van der Waals surface area contributed by atoms with Gasteiger partial charge in [0.2, 0.25) is 5.95 Å². The minimum atomic E-state index is 0.0679. The smallest absolute Gasteiger partial charge is 0.238 e. The standard InChI is InChI=1S/C51H32N4O2/c1-2-11-32(12-3-1)49-52-50(54-51(53-49)55-42-17-7-4-13-37(42)38-14-5-8-18-43(38)55)33-23-21-31(22-24-33)36-16-10-20-45-48(36)41-28-26-35(30-47(41)57-45)34-25-27-40-39-15-6-9-19-44(39)56-46(40)29-34/h1-30,39,44H. The highest BCUT2D eigenvalue weighted by molar-refractivity contribution is 6.13. The van der Waals surface area contributed by atoms with Gasteiger partial charge < -0.3 is 9.15 Å². The van der Waals surface area contributed by atoms with Crippen LogP contribution in [0.1, 0.15) is 11.5 Å². The van der Waals surface area contributed by atoms with Gasteiger partial charge in [-0.25, -0.2) is 4.98 Å². The van der Waals surface area contributed by atoms with E-state index in [0.29, 0.717) is 17.6 Å². The lowest BCUT2D eigenvalue weighted by Gasteiger charge is -2.13. The molecule has 0 saturated heterocycles. The van der Waals surface area contributed by atoms with Crippen LogP contribution in [0, 0.1) is 0 Å². The molecule has 268 valence electrons. The summed E-state index contributed by atoms with van der Waals surface area (Å²) in [6, 6.07) is 54.8. The Bertz CT molecular complexity index is 3230. The van der Waals surface area contributed by atoms with Crippen molar-refractivity contribution in [3.8, 4) is 56.7 Å². The van der Waals surface area contributed by atoms with E-state index in [1.807, 2.05) is 36.4 Å². The van der Waals surface area contributed by atoms with Gasteiger partial charge in [-0.2, -0.15) is 9.97 Å². The largest absolute Gasteiger partial charge is 0.485 e. The molecule has 0 radical (unpaired) electrons. The van der Waals surface area contributed by atoms with E-state index in [9.17, 15) is 0 Å². The number of ether oxygens (including phenoxy) is 1. The van der Waals surface area contributed by atoms with Crippen LogP contribution in [0.3, 0.4) is 0 Å². The molecule has 7 aromatic carbocycles. The molecular weight excluding hydrogens is 701 g/mol. The zero-order valence-corrected chi connectivity index (χ0v) is 30.6. The highest BCUT2D eigenvalue weighted by Gasteiger charge is 2.32. The minimum absolute atomic E-state index is 0.0679. The summed E-state index contributed by atoms with van der Waals surface area (Å²) in [5.74, 6) is 3.03. The summed E-state index contributed by atoms with van der Waals surface area (Å²) in [5.41, 5.74) is 11.2. The third-order valence-electron chi connectivity index (χ3n) is 11.4. The van der Waals surface area contributed by atoms with Gasteiger partial charge in [0.15, 0.2) is 11.6 Å². The normalized spacial score (nSPS) is 15.7. The van der Waals surface area contributed by atoms with E-state index < -0.39 is 0 Å². The predicted molar refractivity (Wildman–Crippen MR) is 229 cm³/mol. The van der Waals surface area contributed by atoms with Crippen LogP contribution < -0.4 is 4.74 Å². The van der Waals surface area contributed by atoms with E-state index in [-0.39, 0.29) is 12.0 Å². The number of furan rings is 1. The van der Waals surface area contributed by atoms with Gasteiger partial charge in [0.25, 0.3) is 0 Å². The van der Waals surface area contributed by atoms with E-state index in [4.69, 9.17) is 24.1 Å². The van der Waals surface area contributed by atoms with Gasteiger partial charge in [0.05, 0.1) is 11.0 Å². The molecule has 2 atom stereocenters. The number of allylic oxidation sites excluding steroid dienone is 2. The van der Waals surface area contributed by atoms with Crippen LogP contribution in [-0.4, -0.2) is 25.6 Å². The molecular formula is C51H32N4O2. The Balaban J connectivity index is 0.934. The maximum atomic E-state index is 6.53. The highest BCUT2D eigenvalue weighted by atomic mass is 16.5. The zero-order valence-electron chi connectivity index (χ0n) is 30.6. The average Bonchev–Trinajstić information content (AvgIpc) is 3.95. The fourth-order valence-electron chi connectivity index (χ4n) is 8.71. The summed E-state index contributed by atoms with van der Waals surface area (Å²) in [5, 5.41) is 4.48. The lowest BCUT2D eigenvalue weighted by molar-refractivity contribution is 0.269. The molecule has 0 fully saturated rings. The van der Waals surface area contributed by atoms with Gasteiger partial charge in [-0.15, -0.1) is 0 Å². The molecule has 6 nitrogen and oxygen atoms in total. The van der Waals surface area contributed by atoms with Gasteiger partial charge in [0.1, 0.15) is 23.0 Å². The molecule has 0 spiro atoms. The predicted octanol–water partition coefficient (Wildman–Crippen LogP) is 12.5. The number of fused-ring (bicyclic) bond motifs is 9. The van der Waals surface area contributed by atoms with E-state index in [1.165, 1.54) is 5.56 Å². The fraction of sp³-hybridized carbons (Fsp3) is 0.0392. The van der Waals surface area contributed by atoms with Gasteiger partial charge in [-0.05, 0) is 64.7 Å². The number of hydrogen-bond donors (Lipinski definition) is 0. The molecule has 0 N–H and O–H groups in total. The monoisotopic (exact) mass is 732 g/mol. The zero-order chi connectivity index (χ0) is 37.5. The molecule has 10 aromatic rings. The molecule has 12 rings (SSSR count). The Morgan fingerprint density at radius 1 is 0.474 bits per heavy atom. The van der Waals surface area contributed by atoms with Crippen LogP contribution in [0.2, 0.25) is 0 Å². The average molecular weight is 733 g/mol. The molecule has 1 aliphatic carbocycles. The number of benzene rings is 7. The first-order valence-electron chi connectivity index (χ1n) is 19.3. The lowest BCUT2D eigenvalue weighted by atomic mass is 9.91. The Morgan fingerprint density at radius 2 is 1.12 bits per heavy atom. The first-order valence-corrected chi connectivity index (χ1v) is 19.3. The molecule has 3 aromatic heterocycles. The second kappa shape index (κ2) is 12.5. The minimum Gasteiger partial charge on any atom is -0.485 e. The van der Waals surface area contributed by atoms with Crippen molar-refractivity contribution >= 4 is 43.7 Å². The van der Waals surface area contributed by atoms with Gasteiger partial charge in [-0.1, -0.05) is 140 Å². The Kier molecular flexibility index (Phi) is 6.95. The van der Waals surface area contributed by atoms with Crippen LogP contribution in [0.4, 0.5) is 0 Å². The maximum Gasteiger partial charge on any atom is 0.238 e. The van der Waals surface area contributed by atoms with Crippen molar-refractivity contribution in [1.29, 1.82) is 0 Å². The molecule has 4 heterocycles. The van der Waals surface area contributed by atoms with Crippen molar-refractivity contribution < 1.29 is 9.15 Å². The molecule has 6 heteroatoms. The summed E-state index contributed by atoms with van der Waals surface area (Å²) >= 11 is 0. The maximum absolute atomic E-state index is 6.53. The van der Waals surface area contributed by atoms with Crippen molar-refractivity contribution in [3.63, 3.8) is 0 Å². The first-order chi connectivity index (χ1) is 28.2. The quantitative estimate of drug-likeness (QED) is 0.176.